The van der Waals surface area contributed by atoms with E-state index in [4.69, 9.17) is 31.6 Å². The monoisotopic (exact) mass is 1380 g/mol. The van der Waals surface area contributed by atoms with Gasteiger partial charge in [-0.3, -0.25) is 14.6 Å². The van der Waals surface area contributed by atoms with Crippen LogP contribution in [0.5, 0.6) is 11.5 Å². The van der Waals surface area contributed by atoms with Crippen LogP contribution in [0.15, 0.2) is 102 Å². The molecule has 0 unspecified atom stereocenters. The number of halogens is 12. The van der Waals surface area contributed by atoms with Gasteiger partial charge in [0.2, 0.25) is 0 Å². The number of pyridine rings is 1. The van der Waals surface area contributed by atoms with E-state index in [-0.39, 0.29) is 33.0 Å². The minimum absolute atomic E-state index is 0.110. The molecule has 3 aliphatic rings. The van der Waals surface area contributed by atoms with Crippen LogP contribution in [-0.4, -0.2) is 103 Å². The van der Waals surface area contributed by atoms with Crippen LogP contribution in [0.4, 0.5) is 35.1 Å². The molecule has 10 rings (SSSR count). The van der Waals surface area contributed by atoms with Crippen LogP contribution < -0.4 is 18.9 Å². The summed E-state index contributed by atoms with van der Waals surface area (Å²) >= 11 is 18.5. The molecule has 6 heterocycles. The Balaban J connectivity index is 0.000000213. The number of carbonyl (C=O) groups is 1. The third-order valence-corrected chi connectivity index (χ3v) is 17.3. The van der Waals surface area contributed by atoms with Crippen molar-refractivity contribution in [3.8, 4) is 45.4 Å². The first-order valence-electron chi connectivity index (χ1n) is 26.3. The maximum Gasteiger partial charge on any atom is 0.390 e. The molecule has 2 fully saturated rings. The van der Waals surface area contributed by atoms with Crippen molar-refractivity contribution in [2.75, 3.05) is 49.2 Å². The molecule has 3 aromatic heterocycles. The van der Waals surface area contributed by atoms with E-state index in [1.807, 2.05) is 16.5 Å². The molecule has 0 N–H and O–H groups in total. The lowest BCUT2D eigenvalue weighted by Crippen LogP contribution is -2.51. The molecule has 0 radical (unpaired) electrons. The third kappa shape index (κ3) is 14.9. The number of aromatic nitrogens is 3. The van der Waals surface area contributed by atoms with Gasteiger partial charge >= 0.3 is 32.6 Å². The summed E-state index contributed by atoms with van der Waals surface area (Å²) in [5.41, 5.74) is 6.01. The van der Waals surface area contributed by atoms with Crippen molar-refractivity contribution in [1.29, 1.82) is 0 Å². The largest absolute Gasteiger partial charge is 0.390 e. The van der Waals surface area contributed by atoms with Gasteiger partial charge in [-0.05, 0) is 159 Å². The van der Waals surface area contributed by atoms with Crippen molar-refractivity contribution >= 4 is 88.5 Å². The van der Waals surface area contributed by atoms with E-state index in [1.165, 1.54) is 72.8 Å². The Morgan fingerprint density at radius 2 is 1.01 bits per heavy atom. The highest BCUT2D eigenvalue weighted by Gasteiger charge is 2.37. The molecule has 4 aromatic carbocycles. The summed E-state index contributed by atoms with van der Waals surface area (Å²) < 4.78 is 166. The average molecular weight is 1390 g/mol. The normalized spacial score (nSPS) is 15.3. The number of alkyl halides is 6. The Labute approximate surface area is 504 Å². The van der Waals surface area contributed by atoms with Crippen LogP contribution in [0, 0.1) is 25.5 Å². The van der Waals surface area contributed by atoms with E-state index < -0.39 is 68.6 Å². The minimum atomic E-state index is -4.64. The van der Waals surface area contributed by atoms with Crippen molar-refractivity contribution in [3.05, 3.63) is 152 Å². The lowest BCUT2D eigenvalue weighted by atomic mass is 10.0. The fourth-order valence-electron chi connectivity index (χ4n) is 10.6. The van der Waals surface area contributed by atoms with Crippen LogP contribution in [-0.2, 0) is 26.7 Å². The van der Waals surface area contributed by atoms with Crippen LogP contribution in [0.25, 0.3) is 44.8 Å². The number of hydrogen-bond donors (Lipinski definition) is 0. The Hall–Kier alpha value is -5.64. The number of carbonyl (C=O) groups excluding carboxylic acids is 1. The number of fused-ring (bicyclic) bond motifs is 2. The van der Waals surface area contributed by atoms with Gasteiger partial charge < -0.3 is 22.5 Å². The van der Waals surface area contributed by atoms with Gasteiger partial charge in [-0.15, -0.1) is 0 Å². The quantitative estimate of drug-likeness (QED) is 0.0762. The summed E-state index contributed by atoms with van der Waals surface area (Å²) in [6, 6.07) is 21.2. The van der Waals surface area contributed by atoms with Crippen molar-refractivity contribution in [2.24, 2.45) is 0 Å². The number of benzene rings is 4. The molecule has 0 saturated carbocycles. The summed E-state index contributed by atoms with van der Waals surface area (Å²) in [5, 5.41) is 6.56. The zero-order chi connectivity index (χ0) is 61.1. The molecular formula is C56H54Br2Cl2F8N6O8S2. The molecular weight excluding hydrogens is 1330 g/mol. The Bertz CT molecular complexity index is 3840. The summed E-state index contributed by atoms with van der Waals surface area (Å²) in [4.78, 5) is 27.7. The smallest absolute Gasteiger partial charge is 0.382 e. The van der Waals surface area contributed by atoms with Gasteiger partial charge in [-0.2, -0.15) is 43.2 Å². The summed E-state index contributed by atoms with van der Waals surface area (Å²) in [6.45, 7) is 7.14. The topological polar surface area (TPSA) is 145 Å². The van der Waals surface area contributed by atoms with Crippen molar-refractivity contribution < 1.29 is 65.1 Å². The van der Waals surface area contributed by atoms with Gasteiger partial charge in [-0.25, -0.2) is 18.5 Å². The maximum atomic E-state index is 14.0. The first kappa shape index (κ1) is 64.4. The molecule has 1 amide bonds. The second kappa shape index (κ2) is 26.5. The number of aryl methyl sites for hydroxylation is 1. The fourth-order valence-corrected chi connectivity index (χ4v) is 13.0. The molecule has 0 atom stereocenters. The predicted molar refractivity (Wildman–Crippen MR) is 314 cm³/mol. The molecule has 0 bridgehead atoms. The number of hydrogen-bond acceptors (Lipinski definition) is 10. The zero-order valence-electron chi connectivity index (χ0n) is 44.9. The van der Waals surface area contributed by atoms with Gasteiger partial charge in [-0.1, -0.05) is 29.6 Å². The van der Waals surface area contributed by atoms with Crippen molar-refractivity contribution in [1.82, 2.24) is 23.8 Å². The van der Waals surface area contributed by atoms with E-state index in [1.54, 1.807) is 45.6 Å². The molecule has 0 aliphatic carbocycles. The molecule has 2 saturated heterocycles. The summed E-state index contributed by atoms with van der Waals surface area (Å²) in [5.74, 6) is -3.91. The van der Waals surface area contributed by atoms with Gasteiger partial charge in [0, 0.05) is 79.3 Å². The fraction of sp³-hybridized carbons (Fsp3) is 0.357. The third-order valence-electron chi connectivity index (χ3n) is 14.4. The Kier molecular flexibility index (Phi) is 20.3. The lowest BCUT2D eigenvalue weighted by Gasteiger charge is -2.39. The van der Waals surface area contributed by atoms with Crippen molar-refractivity contribution in [3.63, 3.8) is 0 Å². The number of rotatable bonds is 14. The van der Waals surface area contributed by atoms with Gasteiger partial charge in [0.15, 0.2) is 0 Å². The van der Waals surface area contributed by atoms with Crippen molar-refractivity contribution in [2.45, 2.75) is 84.0 Å². The SMILES string of the molecule is BrBr.Cc1c(-c2ccc(OS(=O)(=O)CCC(F)(F)F)cc2)n(-c2ccc(F)cc2Cl)c2ccn(N3CCCCC3)c(=O)c12.Cc1c2c(n(-c3ccc(F)cc3Cl)c1-c1ccc(OS(=O)(=O)CCC(F)(F)F)cc1)CCN(N1CCCCC1)C2=O. The predicted octanol–water partition coefficient (Wildman–Crippen LogP) is 14.3. The van der Waals surface area contributed by atoms with Crippen LogP contribution in [0.3, 0.4) is 0 Å². The molecule has 452 valence electrons. The zero-order valence-corrected chi connectivity index (χ0v) is 51.2. The lowest BCUT2D eigenvalue weighted by molar-refractivity contribution is -0.130. The summed E-state index contributed by atoms with van der Waals surface area (Å²) in [6.07, 6.45) is -3.92. The molecule has 14 nitrogen and oxygen atoms in total. The van der Waals surface area contributed by atoms with Crippen LogP contribution in [0.1, 0.15) is 78.5 Å². The van der Waals surface area contributed by atoms with E-state index in [0.717, 1.165) is 70.4 Å². The van der Waals surface area contributed by atoms with Crippen LogP contribution in [0.2, 0.25) is 10.0 Å². The van der Waals surface area contributed by atoms with E-state index in [2.05, 4.69) is 33.3 Å². The van der Waals surface area contributed by atoms with Gasteiger partial charge in [0.05, 0.1) is 73.6 Å². The van der Waals surface area contributed by atoms with E-state index in [9.17, 15) is 61.5 Å². The number of nitrogens with zero attached hydrogens (tertiary/aromatic N) is 6. The number of hydrazine groups is 1. The Morgan fingerprint density at radius 3 is 1.46 bits per heavy atom. The average Bonchev–Trinajstić information content (AvgIpc) is 1.75. The Morgan fingerprint density at radius 1 is 0.571 bits per heavy atom. The van der Waals surface area contributed by atoms with Gasteiger partial charge in [0.25, 0.3) is 11.5 Å². The molecule has 0 spiro atoms. The van der Waals surface area contributed by atoms with E-state index >= 15 is 0 Å². The molecule has 28 heteroatoms. The molecule has 7 aromatic rings. The number of amides is 1. The standard InChI is InChI=1S/C28H28ClF4N3O4S.C28H26ClF4N3O4S.Br2/c2*1-18-25-24(11-15-35(27(25)37)34-13-3-2-4-14-34)36(23-10-7-20(30)17-22(23)29)26(18)19-5-8-21(9-6-19)40-41(38,39)16-12-28(31,32)33;1-2/h5-10,17H,2-4,11-16H2,1H3;5-11,15,17H,2-4,12-14,16H2,1H3;. The van der Waals surface area contributed by atoms with Crippen LogP contribution >= 0.6 is 51.5 Å². The highest BCUT2D eigenvalue weighted by atomic mass is 80.9. The summed E-state index contributed by atoms with van der Waals surface area (Å²) in [7, 11) is -8.96. The highest BCUT2D eigenvalue weighted by Crippen LogP contribution is 2.41. The van der Waals surface area contributed by atoms with E-state index in [0.29, 0.717) is 74.4 Å². The highest BCUT2D eigenvalue weighted by molar-refractivity contribution is 9.93. The second-order valence-corrected chi connectivity index (χ2v) is 24.2. The first-order valence-corrected chi connectivity index (χ1v) is 33.9. The minimum Gasteiger partial charge on any atom is -0.382 e. The molecule has 84 heavy (non-hydrogen) atoms. The first-order chi connectivity index (χ1) is 39.7. The molecule has 3 aliphatic heterocycles. The maximum absolute atomic E-state index is 14.0. The van der Waals surface area contributed by atoms with Gasteiger partial charge in [0.1, 0.15) is 23.1 Å². The number of piperidine rings is 2. The second-order valence-electron chi connectivity index (χ2n) is 20.0.